The standard InChI is InChI=1S/C19H26N2O4S/c22-18(21-17-8-10-26(24,25)13-17)7-9-20-19(23)12-14-5-6-15-3-1-2-4-16(15)11-14/h5-6,11,17H,1-4,7-10,12-13H2,(H,20,23)(H,21,22). The van der Waals surface area contributed by atoms with Gasteiger partial charge in [0, 0.05) is 19.0 Å². The number of fused-ring (bicyclic) bond motifs is 1. The number of carbonyl (C=O) groups is 2. The van der Waals surface area contributed by atoms with Crippen LogP contribution in [0, 0.1) is 0 Å². The summed E-state index contributed by atoms with van der Waals surface area (Å²) in [5.41, 5.74) is 3.75. The van der Waals surface area contributed by atoms with Crippen molar-refractivity contribution in [1.29, 1.82) is 0 Å². The molecule has 1 aliphatic heterocycles. The predicted molar refractivity (Wildman–Crippen MR) is 99.6 cm³/mol. The molecule has 142 valence electrons. The van der Waals surface area contributed by atoms with E-state index in [0.717, 1.165) is 18.4 Å². The van der Waals surface area contributed by atoms with Crippen LogP contribution in [0.3, 0.4) is 0 Å². The molecule has 1 saturated heterocycles. The Balaban J connectivity index is 1.38. The molecule has 1 atom stereocenters. The molecule has 2 amide bonds. The monoisotopic (exact) mass is 378 g/mol. The van der Waals surface area contributed by atoms with Gasteiger partial charge >= 0.3 is 0 Å². The molecule has 0 radical (unpaired) electrons. The number of nitrogens with one attached hydrogen (secondary N) is 2. The Kier molecular flexibility index (Phi) is 5.96. The minimum absolute atomic E-state index is 0.0173. The SMILES string of the molecule is O=C(Cc1ccc2c(c1)CCCC2)NCCC(=O)NC1CCS(=O)(=O)C1. The molecule has 1 aromatic carbocycles. The predicted octanol–water partition coefficient (Wildman–Crippen LogP) is 0.918. The van der Waals surface area contributed by atoms with Gasteiger partial charge in [-0.1, -0.05) is 18.2 Å². The van der Waals surface area contributed by atoms with E-state index in [2.05, 4.69) is 22.8 Å². The first-order chi connectivity index (χ1) is 12.4. The van der Waals surface area contributed by atoms with Crippen LogP contribution in [0.25, 0.3) is 0 Å². The molecule has 0 spiro atoms. The fourth-order valence-corrected chi connectivity index (χ4v) is 5.34. The lowest BCUT2D eigenvalue weighted by Gasteiger charge is -2.16. The van der Waals surface area contributed by atoms with Crippen LogP contribution in [0.4, 0.5) is 0 Å². The Bertz CT molecular complexity index is 789. The van der Waals surface area contributed by atoms with Crippen molar-refractivity contribution >= 4 is 21.7 Å². The van der Waals surface area contributed by atoms with Gasteiger partial charge in [-0.05, 0) is 48.8 Å². The summed E-state index contributed by atoms with van der Waals surface area (Å²) in [4.78, 5) is 23.9. The Hall–Kier alpha value is -1.89. The van der Waals surface area contributed by atoms with Gasteiger partial charge < -0.3 is 10.6 Å². The molecule has 26 heavy (non-hydrogen) atoms. The summed E-state index contributed by atoms with van der Waals surface area (Å²) in [5, 5.41) is 5.49. The molecule has 6 nitrogen and oxygen atoms in total. The second-order valence-electron chi connectivity index (χ2n) is 7.25. The van der Waals surface area contributed by atoms with Crippen molar-refractivity contribution < 1.29 is 18.0 Å². The minimum atomic E-state index is -3.00. The second kappa shape index (κ2) is 8.20. The van der Waals surface area contributed by atoms with E-state index < -0.39 is 9.84 Å². The highest BCUT2D eigenvalue weighted by molar-refractivity contribution is 7.91. The highest BCUT2D eigenvalue weighted by Gasteiger charge is 2.28. The first-order valence-electron chi connectivity index (χ1n) is 9.28. The van der Waals surface area contributed by atoms with Crippen LogP contribution in [-0.2, 0) is 38.7 Å². The van der Waals surface area contributed by atoms with E-state index in [-0.39, 0.29) is 42.3 Å². The van der Waals surface area contributed by atoms with Crippen LogP contribution in [-0.4, -0.2) is 44.3 Å². The second-order valence-corrected chi connectivity index (χ2v) is 9.48. The van der Waals surface area contributed by atoms with Crippen molar-refractivity contribution in [2.24, 2.45) is 0 Å². The molecular weight excluding hydrogens is 352 g/mol. The first kappa shape index (κ1) is 18.9. The van der Waals surface area contributed by atoms with E-state index in [1.54, 1.807) is 0 Å². The van der Waals surface area contributed by atoms with E-state index in [1.807, 2.05) is 6.07 Å². The average molecular weight is 378 g/mol. The number of amides is 2. The lowest BCUT2D eigenvalue weighted by atomic mass is 9.90. The fraction of sp³-hybridized carbons (Fsp3) is 0.579. The number of carbonyl (C=O) groups excluding carboxylic acids is 2. The largest absolute Gasteiger partial charge is 0.355 e. The zero-order valence-electron chi connectivity index (χ0n) is 14.9. The quantitative estimate of drug-likeness (QED) is 0.770. The molecule has 0 aromatic heterocycles. The maximum atomic E-state index is 12.1. The number of hydrogen-bond donors (Lipinski definition) is 2. The summed E-state index contributed by atoms with van der Waals surface area (Å²) in [5.74, 6) is -0.169. The van der Waals surface area contributed by atoms with Gasteiger partial charge in [-0.2, -0.15) is 0 Å². The van der Waals surface area contributed by atoms with Crippen LogP contribution in [0.1, 0.15) is 42.4 Å². The van der Waals surface area contributed by atoms with Gasteiger partial charge in [0.15, 0.2) is 9.84 Å². The third kappa shape index (κ3) is 5.30. The molecule has 1 unspecified atom stereocenters. The molecule has 3 rings (SSSR count). The van der Waals surface area contributed by atoms with E-state index in [1.165, 1.54) is 24.0 Å². The van der Waals surface area contributed by atoms with Gasteiger partial charge in [0.2, 0.25) is 11.8 Å². The maximum absolute atomic E-state index is 12.1. The van der Waals surface area contributed by atoms with Crippen molar-refractivity contribution in [3.05, 3.63) is 34.9 Å². The number of hydrogen-bond acceptors (Lipinski definition) is 4. The smallest absolute Gasteiger partial charge is 0.224 e. The van der Waals surface area contributed by atoms with Crippen molar-refractivity contribution in [2.45, 2.75) is 51.0 Å². The number of benzene rings is 1. The molecule has 0 bridgehead atoms. The van der Waals surface area contributed by atoms with E-state index in [9.17, 15) is 18.0 Å². The summed E-state index contributed by atoms with van der Waals surface area (Å²) >= 11 is 0. The summed E-state index contributed by atoms with van der Waals surface area (Å²) < 4.78 is 22.8. The zero-order chi connectivity index (χ0) is 18.6. The molecular formula is C19H26N2O4S. The molecule has 1 heterocycles. The van der Waals surface area contributed by atoms with Gasteiger partial charge in [-0.3, -0.25) is 9.59 Å². The summed E-state index contributed by atoms with van der Waals surface area (Å²) in [6.07, 6.45) is 5.60. The fourth-order valence-electron chi connectivity index (χ4n) is 3.67. The van der Waals surface area contributed by atoms with Gasteiger partial charge in [0.1, 0.15) is 0 Å². The number of aryl methyl sites for hydroxylation is 2. The van der Waals surface area contributed by atoms with Crippen LogP contribution in [0.15, 0.2) is 18.2 Å². The highest BCUT2D eigenvalue weighted by Crippen LogP contribution is 2.22. The van der Waals surface area contributed by atoms with Gasteiger partial charge in [-0.15, -0.1) is 0 Å². The molecule has 7 heteroatoms. The summed E-state index contributed by atoms with van der Waals surface area (Å²) in [6.45, 7) is 0.259. The van der Waals surface area contributed by atoms with Gasteiger partial charge in [0.05, 0.1) is 17.9 Å². The highest BCUT2D eigenvalue weighted by atomic mass is 32.2. The van der Waals surface area contributed by atoms with Crippen LogP contribution in [0.5, 0.6) is 0 Å². The molecule has 2 N–H and O–H groups in total. The third-order valence-corrected chi connectivity index (χ3v) is 6.82. The maximum Gasteiger partial charge on any atom is 0.224 e. The van der Waals surface area contributed by atoms with E-state index in [4.69, 9.17) is 0 Å². The number of rotatable bonds is 6. The zero-order valence-corrected chi connectivity index (χ0v) is 15.7. The topological polar surface area (TPSA) is 92.3 Å². The van der Waals surface area contributed by atoms with Crippen molar-refractivity contribution in [2.75, 3.05) is 18.1 Å². The van der Waals surface area contributed by atoms with Crippen LogP contribution < -0.4 is 10.6 Å². The Morgan fingerprint density at radius 3 is 2.58 bits per heavy atom. The van der Waals surface area contributed by atoms with Crippen molar-refractivity contribution in [1.82, 2.24) is 10.6 Å². The van der Waals surface area contributed by atoms with E-state index >= 15 is 0 Å². The lowest BCUT2D eigenvalue weighted by Crippen LogP contribution is -2.38. The first-order valence-corrected chi connectivity index (χ1v) is 11.1. The molecule has 1 aliphatic carbocycles. The Morgan fingerprint density at radius 1 is 1.08 bits per heavy atom. The number of sulfone groups is 1. The minimum Gasteiger partial charge on any atom is -0.355 e. The van der Waals surface area contributed by atoms with Gasteiger partial charge in [0.25, 0.3) is 0 Å². The summed E-state index contributed by atoms with van der Waals surface area (Å²) in [7, 11) is -3.00. The molecule has 0 saturated carbocycles. The third-order valence-electron chi connectivity index (χ3n) is 5.05. The van der Waals surface area contributed by atoms with Gasteiger partial charge in [-0.25, -0.2) is 8.42 Å². The normalized spacial score (nSPS) is 21.0. The Labute approximate surface area is 154 Å². The molecule has 1 fully saturated rings. The molecule has 2 aliphatic rings. The van der Waals surface area contributed by atoms with E-state index in [0.29, 0.717) is 12.8 Å². The average Bonchev–Trinajstić information content (AvgIpc) is 2.93. The van der Waals surface area contributed by atoms with Crippen LogP contribution >= 0.6 is 0 Å². The lowest BCUT2D eigenvalue weighted by molar-refractivity contribution is -0.122. The Morgan fingerprint density at radius 2 is 1.85 bits per heavy atom. The van der Waals surface area contributed by atoms with Crippen molar-refractivity contribution in [3.63, 3.8) is 0 Å². The van der Waals surface area contributed by atoms with Crippen LogP contribution in [0.2, 0.25) is 0 Å². The molecule has 1 aromatic rings. The van der Waals surface area contributed by atoms with Crippen molar-refractivity contribution in [3.8, 4) is 0 Å². The summed E-state index contributed by atoms with van der Waals surface area (Å²) in [6, 6.07) is 5.97.